The molecule has 3 aliphatic carbocycles. The molecule has 3 unspecified atom stereocenters. The smallest absolute Gasteiger partial charge is 0.239 e. The maximum atomic E-state index is 11.8. The lowest BCUT2D eigenvalue weighted by Gasteiger charge is -2.21. The fourth-order valence-electron chi connectivity index (χ4n) is 4.69. The molecule has 3 fully saturated rings. The lowest BCUT2D eigenvalue weighted by molar-refractivity contribution is -0.128. The summed E-state index contributed by atoms with van der Waals surface area (Å²) in [6, 6.07) is 0. The number of nitrogens with one attached hydrogen (secondary N) is 2. The molecule has 2 N–H and O–H groups in total. The Hall–Kier alpha value is -1.06. The Kier molecular flexibility index (Phi) is 4.81. The van der Waals surface area contributed by atoms with Crippen LogP contribution in [0.3, 0.4) is 0 Å². The lowest BCUT2D eigenvalue weighted by Crippen LogP contribution is -2.39. The van der Waals surface area contributed by atoms with Gasteiger partial charge in [0.1, 0.15) is 0 Å². The highest BCUT2D eigenvalue weighted by Gasteiger charge is 2.38. The predicted molar refractivity (Wildman–Crippen MR) is 81.5 cm³/mol. The van der Waals surface area contributed by atoms with Crippen LogP contribution in [0, 0.1) is 23.7 Å². The van der Waals surface area contributed by atoms with E-state index in [0.29, 0.717) is 0 Å². The second-order valence-corrected chi connectivity index (χ2v) is 7.27. The Bertz CT molecular complexity index is 390. The van der Waals surface area contributed by atoms with Gasteiger partial charge in [0.25, 0.3) is 0 Å². The minimum atomic E-state index is -0.0375. The Morgan fingerprint density at radius 2 is 1.76 bits per heavy atom. The number of hydrogen-bond donors (Lipinski definition) is 2. The van der Waals surface area contributed by atoms with Crippen LogP contribution in [0.5, 0.6) is 0 Å². The summed E-state index contributed by atoms with van der Waals surface area (Å²) in [4.78, 5) is 23.6. The molecule has 0 heterocycles. The van der Waals surface area contributed by atoms with E-state index in [4.69, 9.17) is 0 Å². The normalized spacial score (nSPS) is 31.5. The molecule has 0 spiro atoms. The second kappa shape index (κ2) is 6.80. The molecule has 0 aromatic carbocycles. The van der Waals surface area contributed by atoms with Gasteiger partial charge in [-0.3, -0.25) is 9.59 Å². The summed E-state index contributed by atoms with van der Waals surface area (Å²) in [6.45, 7) is 0.915. The zero-order valence-corrected chi connectivity index (χ0v) is 12.9. The number of carbonyl (C=O) groups excluding carboxylic acids is 2. The summed E-state index contributed by atoms with van der Waals surface area (Å²) >= 11 is 0. The summed E-state index contributed by atoms with van der Waals surface area (Å²) in [5.41, 5.74) is 0. The third-order valence-electron chi connectivity index (χ3n) is 5.87. The van der Waals surface area contributed by atoms with Gasteiger partial charge in [-0.05, 0) is 56.3 Å². The average molecular weight is 292 g/mol. The van der Waals surface area contributed by atoms with E-state index in [2.05, 4.69) is 10.6 Å². The van der Waals surface area contributed by atoms with Gasteiger partial charge in [0.05, 0.1) is 6.54 Å². The molecule has 21 heavy (non-hydrogen) atoms. The van der Waals surface area contributed by atoms with Crippen molar-refractivity contribution in [1.82, 2.24) is 10.6 Å². The summed E-state index contributed by atoms with van der Waals surface area (Å²) in [6.07, 6.45) is 11.0. The average Bonchev–Trinajstić information content (AvgIpc) is 3.21. The van der Waals surface area contributed by atoms with Gasteiger partial charge in [-0.15, -0.1) is 0 Å². The van der Waals surface area contributed by atoms with E-state index in [9.17, 15) is 9.59 Å². The molecule has 0 radical (unpaired) electrons. The Labute approximate surface area is 127 Å². The van der Waals surface area contributed by atoms with Crippen molar-refractivity contribution in [2.45, 2.75) is 57.8 Å². The van der Waals surface area contributed by atoms with E-state index in [0.717, 1.165) is 56.4 Å². The highest BCUT2D eigenvalue weighted by Crippen LogP contribution is 2.49. The standard InChI is InChI=1S/C17H28N2O2/c20-16(11-19-17(21)13-3-1-2-4-13)18-8-7-15-10-12-5-6-14(15)9-12/h12-15H,1-11H2,(H,18,20)(H,19,21). The third-order valence-corrected chi connectivity index (χ3v) is 5.87. The number of rotatable bonds is 6. The van der Waals surface area contributed by atoms with Crippen LogP contribution in [0.4, 0.5) is 0 Å². The molecule has 4 nitrogen and oxygen atoms in total. The quantitative estimate of drug-likeness (QED) is 0.789. The van der Waals surface area contributed by atoms with Crippen LogP contribution >= 0.6 is 0 Å². The molecule has 3 atom stereocenters. The molecule has 0 aliphatic heterocycles. The minimum absolute atomic E-state index is 0.0375. The summed E-state index contributed by atoms with van der Waals surface area (Å²) in [7, 11) is 0. The number of fused-ring (bicyclic) bond motifs is 2. The second-order valence-electron chi connectivity index (χ2n) is 7.27. The molecule has 3 rings (SSSR count). The van der Waals surface area contributed by atoms with Crippen molar-refractivity contribution in [3.8, 4) is 0 Å². The van der Waals surface area contributed by atoms with Gasteiger partial charge in [-0.1, -0.05) is 19.3 Å². The Balaban J connectivity index is 1.27. The molecule has 4 heteroatoms. The molecule has 118 valence electrons. The van der Waals surface area contributed by atoms with Crippen molar-refractivity contribution in [2.75, 3.05) is 13.1 Å². The van der Waals surface area contributed by atoms with Gasteiger partial charge in [-0.25, -0.2) is 0 Å². The van der Waals surface area contributed by atoms with Gasteiger partial charge in [0.15, 0.2) is 0 Å². The van der Waals surface area contributed by atoms with Crippen molar-refractivity contribution < 1.29 is 9.59 Å². The van der Waals surface area contributed by atoms with E-state index in [-0.39, 0.29) is 24.3 Å². The van der Waals surface area contributed by atoms with Gasteiger partial charge in [0, 0.05) is 12.5 Å². The fraction of sp³-hybridized carbons (Fsp3) is 0.882. The topological polar surface area (TPSA) is 58.2 Å². The first kappa shape index (κ1) is 14.9. The zero-order valence-electron chi connectivity index (χ0n) is 12.9. The first-order valence-electron chi connectivity index (χ1n) is 8.77. The number of carbonyl (C=O) groups is 2. The summed E-state index contributed by atoms with van der Waals surface area (Å²) in [5, 5.41) is 5.74. The molecule has 0 aromatic heterocycles. The largest absolute Gasteiger partial charge is 0.355 e. The van der Waals surface area contributed by atoms with E-state index in [1.54, 1.807) is 0 Å². The van der Waals surface area contributed by atoms with Crippen molar-refractivity contribution >= 4 is 11.8 Å². The fourth-order valence-corrected chi connectivity index (χ4v) is 4.69. The van der Waals surface area contributed by atoms with E-state index >= 15 is 0 Å². The van der Waals surface area contributed by atoms with Gasteiger partial charge in [-0.2, -0.15) is 0 Å². The molecular weight excluding hydrogens is 264 g/mol. The minimum Gasteiger partial charge on any atom is -0.355 e. The van der Waals surface area contributed by atoms with Gasteiger partial charge < -0.3 is 10.6 Å². The maximum absolute atomic E-state index is 11.8. The monoisotopic (exact) mass is 292 g/mol. The third kappa shape index (κ3) is 3.78. The Morgan fingerprint density at radius 3 is 2.43 bits per heavy atom. The van der Waals surface area contributed by atoms with Crippen LogP contribution in [0.25, 0.3) is 0 Å². The number of amides is 2. The van der Waals surface area contributed by atoms with Crippen LogP contribution in [-0.4, -0.2) is 24.9 Å². The van der Waals surface area contributed by atoms with Crippen molar-refractivity contribution in [3.63, 3.8) is 0 Å². The van der Waals surface area contributed by atoms with Crippen molar-refractivity contribution in [3.05, 3.63) is 0 Å². The van der Waals surface area contributed by atoms with Crippen LogP contribution < -0.4 is 10.6 Å². The molecule has 3 aliphatic rings. The molecule has 0 saturated heterocycles. The first-order valence-corrected chi connectivity index (χ1v) is 8.77. The van der Waals surface area contributed by atoms with E-state index in [1.807, 2.05) is 0 Å². The van der Waals surface area contributed by atoms with Crippen LogP contribution in [0.15, 0.2) is 0 Å². The van der Waals surface area contributed by atoms with Crippen LogP contribution in [-0.2, 0) is 9.59 Å². The SMILES string of the molecule is O=C(CNC(=O)C1CCCC1)NCCC1CC2CCC1C2. The van der Waals surface area contributed by atoms with Crippen LogP contribution in [0.1, 0.15) is 57.8 Å². The molecule has 3 saturated carbocycles. The molecular formula is C17H28N2O2. The summed E-state index contributed by atoms with van der Waals surface area (Å²) < 4.78 is 0. The molecule has 2 bridgehead atoms. The molecule has 0 aromatic rings. The van der Waals surface area contributed by atoms with Crippen molar-refractivity contribution in [1.29, 1.82) is 0 Å². The first-order chi connectivity index (χ1) is 10.2. The van der Waals surface area contributed by atoms with Gasteiger partial charge >= 0.3 is 0 Å². The number of hydrogen-bond acceptors (Lipinski definition) is 2. The highest BCUT2D eigenvalue weighted by atomic mass is 16.2. The van der Waals surface area contributed by atoms with E-state index in [1.165, 1.54) is 25.7 Å². The zero-order chi connectivity index (χ0) is 14.7. The summed E-state index contributed by atoms with van der Waals surface area (Å²) in [5.74, 6) is 2.90. The highest BCUT2D eigenvalue weighted by molar-refractivity contribution is 5.85. The van der Waals surface area contributed by atoms with Crippen LogP contribution in [0.2, 0.25) is 0 Å². The molecule has 2 amide bonds. The predicted octanol–water partition coefficient (Wildman–Crippen LogP) is 2.24. The van der Waals surface area contributed by atoms with E-state index < -0.39 is 0 Å². The Morgan fingerprint density at radius 1 is 0.952 bits per heavy atom. The lowest BCUT2D eigenvalue weighted by atomic mass is 9.86. The van der Waals surface area contributed by atoms with Crippen molar-refractivity contribution in [2.24, 2.45) is 23.7 Å². The van der Waals surface area contributed by atoms with Gasteiger partial charge in [0.2, 0.25) is 11.8 Å². The maximum Gasteiger partial charge on any atom is 0.239 e.